The molecule has 2 N–H and O–H groups in total. The number of carbonyl (C=O) groups is 1. The molecule has 0 unspecified atom stereocenters. The minimum absolute atomic E-state index is 0.00792. The van der Waals surface area contributed by atoms with E-state index in [4.69, 9.17) is 10.5 Å². The molecule has 1 aromatic carbocycles. The van der Waals surface area contributed by atoms with Gasteiger partial charge in [0.25, 0.3) is 0 Å². The third kappa shape index (κ3) is 4.20. The second-order valence-corrected chi connectivity index (χ2v) is 4.27. The first-order valence-electron chi connectivity index (χ1n) is 5.93. The molecule has 2 aromatic rings. The van der Waals surface area contributed by atoms with E-state index in [0.29, 0.717) is 11.3 Å². The van der Waals surface area contributed by atoms with Crippen LogP contribution in [0.3, 0.4) is 0 Å². The Morgan fingerprint density at radius 2 is 1.90 bits per heavy atom. The zero-order valence-electron chi connectivity index (χ0n) is 10.7. The van der Waals surface area contributed by atoms with Crippen molar-refractivity contribution in [2.24, 2.45) is 5.73 Å². The summed E-state index contributed by atoms with van der Waals surface area (Å²) in [5.41, 5.74) is 4.66. The van der Waals surface area contributed by atoms with Gasteiger partial charge in [0.1, 0.15) is 17.2 Å². The van der Waals surface area contributed by atoms with Crippen LogP contribution in [0, 0.1) is 0 Å². The van der Waals surface area contributed by atoms with Gasteiger partial charge in [0.2, 0.25) is 5.91 Å². The Balaban J connectivity index is 2.20. The number of nitrogens with zero attached hydrogens (tertiary/aromatic N) is 1. The molecular weight excluding hydrogens is 285 g/mol. The summed E-state index contributed by atoms with van der Waals surface area (Å²) in [6.07, 6.45) is -3.49. The van der Waals surface area contributed by atoms with Crippen LogP contribution in [-0.4, -0.2) is 10.9 Å². The van der Waals surface area contributed by atoms with Crippen LogP contribution in [0.2, 0.25) is 0 Å². The number of pyridine rings is 1. The van der Waals surface area contributed by atoms with Crippen LogP contribution in [0.1, 0.15) is 11.3 Å². The Hall–Kier alpha value is -2.57. The first-order chi connectivity index (χ1) is 9.84. The van der Waals surface area contributed by atoms with Gasteiger partial charge in [-0.15, -0.1) is 0 Å². The Kier molecular flexibility index (Phi) is 4.11. The van der Waals surface area contributed by atoms with Gasteiger partial charge in [0.15, 0.2) is 0 Å². The number of hydrogen-bond acceptors (Lipinski definition) is 3. The Morgan fingerprint density at radius 1 is 1.19 bits per heavy atom. The number of hydrogen-bond donors (Lipinski definition) is 1. The lowest BCUT2D eigenvalue weighted by Crippen LogP contribution is -2.13. The summed E-state index contributed by atoms with van der Waals surface area (Å²) in [7, 11) is 0. The molecule has 0 fully saturated rings. The highest BCUT2D eigenvalue weighted by Gasteiger charge is 2.32. The predicted molar refractivity (Wildman–Crippen MR) is 68.7 cm³/mol. The quantitative estimate of drug-likeness (QED) is 0.943. The number of halogens is 3. The minimum atomic E-state index is -4.53. The molecule has 0 saturated carbocycles. The number of carbonyl (C=O) groups excluding carboxylic acids is 1. The van der Waals surface area contributed by atoms with Crippen molar-refractivity contribution >= 4 is 5.91 Å². The number of benzene rings is 1. The maximum Gasteiger partial charge on any atom is 0.433 e. The van der Waals surface area contributed by atoms with E-state index in [1.807, 2.05) is 0 Å². The summed E-state index contributed by atoms with van der Waals surface area (Å²) in [5.74, 6) is -0.183. The van der Waals surface area contributed by atoms with E-state index in [2.05, 4.69) is 4.98 Å². The van der Waals surface area contributed by atoms with E-state index in [1.54, 1.807) is 24.3 Å². The molecule has 0 aliphatic rings. The number of amides is 1. The molecule has 0 saturated heterocycles. The van der Waals surface area contributed by atoms with Gasteiger partial charge in [0, 0.05) is 12.3 Å². The Bertz CT molecular complexity index is 657. The number of primary amides is 1. The highest BCUT2D eigenvalue weighted by molar-refractivity contribution is 5.76. The van der Waals surface area contributed by atoms with Crippen molar-refractivity contribution in [2.75, 3.05) is 0 Å². The SMILES string of the molecule is NC(=O)Cc1cccc(Oc2ccnc(C(F)(F)F)c2)c1. The van der Waals surface area contributed by atoms with Crippen LogP contribution in [0.15, 0.2) is 42.6 Å². The lowest BCUT2D eigenvalue weighted by Gasteiger charge is -2.09. The Labute approximate surface area is 118 Å². The number of rotatable bonds is 4. The molecule has 110 valence electrons. The van der Waals surface area contributed by atoms with E-state index in [0.717, 1.165) is 12.3 Å². The summed E-state index contributed by atoms with van der Waals surface area (Å²) in [5, 5.41) is 0. The third-order valence-electron chi connectivity index (χ3n) is 2.53. The summed E-state index contributed by atoms with van der Waals surface area (Å²) < 4.78 is 43.0. The number of ether oxygens (including phenoxy) is 1. The first kappa shape index (κ1) is 14.8. The smallest absolute Gasteiger partial charge is 0.433 e. The number of alkyl halides is 3. The van der Waals surface area contributed by atoms with Gasteiger partial charge < -0.3 is 10.5 Å². The second kappa shape index (κ2) is 5.82. The molecule has 0 aliphatic carbocycles. The largest absolute Gasteiger partial charge is 0.457 e. The van der Waals surface area contributed by atoms with Crippen LogP contribution in [0.4, 0.5) is 13.2 Å². The molecule has 21 heavy (non-hydrogen) atoms. The van der Waals surface area contributed by atoms with Crippen molar-refractivity contribution in [3.05, 3.63) is 53.9 Å². The van der Waals surface area contributed by atoms with Gasteiger partial charge in [0.05, 0.1) is 6.42 Å². The molecule has 7 heteroatoms. The van der Waals surface area contributed by atoms with Crippen LogP contribution in [0.5, 0.6) is 11.5 Å². The van der Waals surface area contributed by atoms with Crippen molar-refractivity contribution in [3.8, 4) is 11.5 Å². The molecule has 1 amide bonds. The van der Waals surface area contributed by atoms with Gasteiger partial charge >= 0.3 is 6.18 Å². The highest BCUT2D eigenvalue weighted by Crippen LogP contribution is 2.31. The third-order valence-corrected chi connectivity index (χ3v) is 2.53. The average Bonchev–Trinajstić information content (AvgIpc) is 2.37. The predicted octanol–water partition coefficient (Wildman–Crippen LogP) is 2.92. The van der Waals surface area contributed by atoms with E-state index < -0.39 is 17.8 Å². The monoisotopic (exact) mass is 296 g/mol. The van der Waals surface area contributed by atoms with Crippen molar-refractivity contribution in [2.45, 2.75) is 12.6 Å². The topological polar surface area (TPSA) is 65.2 Å². The molecule has 1 aromatic heterocycles. The fourth-order valence-corrected chi connectivity index (χ4v) is 1.69. The van der Waals surface area contributed by atoms with Crippen LogP contribution < -0.4 is 10.5 Å². The fraction of sp³-hybridized carbons (Fsp3) is 0.143. The summed E-state index contributed by atoms with van der Waals surface area (Å²) in [6, 6.07) is 8.53. The summed E-state index contributed by atoms with van der Waals surface area (Å²) in [4.78, 5) is 14.1. The van der Waals surface area contributed by atoms with E-state index in [9.17, 15) is 18.0 Å². The molecule has 0 aliphatic heterocycles. The van der Waals surface area contributed by atoms with E-state index in [1.165, 1.54) is 6.07 Å². The minimum Gasteiger partial charge on any atom is -0.457 e. The molecule has 0 atom stereocenters. The Morgan fingerprint density at radius 3 is 2.57 bits per heavy atom. The average molecular weight is 296 g/mol. The first-order valence-corrected chi connectivity index (χ1v) is 5.93. The summed E-state index contributed by atoms with van der Waals surface area (Å²) >= 11 is 0. The van der Waals surface area contributed by atoms with Crippen molar-refractivity contribution < 1.29 is 22.7 Å². The maximum absolute atomic E-state index is 12.5. The van der Waals surface area contributed by atoms with Gasteiger partial charge in [-0.1, -0.05) is 12.1 Å². The number of nitrogens with two attached hydrogens (primary N) is 1. The number of aromatic nitrogens is 1. The van der Waals surface area contributed by atoms with Crippen molar-refractivity contribution in [3.63, 3.8) is 0 Å². The standard InChI is InChI=1S/C14H11F3N2O2/c15-14(16,17)12-8-11(4-5-19-12)21-10-3-1-2-9(6-10)7-13(18)20/h1-6,8H,7H2,(H2,18,20). The van der Waals surface area contributed by atoms with E-state index >= 15 is 0 Å². The molecule has 0 spiro atoms. The van der Waals surface area contributed by atoms with Gasteiger partial charge in [-0.05, 0) is 23.8 Å². The maximum atomic E-state index is 12.5. The molecule has 2 rings (SSSR count). The summed E-state index contributed by atoms with van der Waals surface area (Å²) in [6.45, 7) is 0. The fourth-order valence-electron chi connectivity index (χ4n) is 1.69. The van der Waals surface area contributed by atoms with Gasteiger partial charge in [-0.25, -0.2) is 0 Å². The van der Waals surface area contributed by atoms with Crippen LogP contribution in [-0.2, 0) is 17.4 Å². The lowest BCUT2D eigenvalue weighted by atomic mass is 10.1. The normalized spacial score (nSPS) is 11.2. The lowest BCUT2D eigenvalue weighted by molar-refractivity contribution is -0.141. The molecule has 0 bridgehead atoms. The molecule has 0 radical (unpaired) electrons. The zero-order chi connectivity index (χ0) is 15.5. The zero-order valence-corrected chi connectivity index (χ0v) is 10.7. The van der Waals surface area contributed by atoms with E-state index in [-0.39, 0.29) is 12.2 Å². The van der Waals surface area contributed by atoms with Gasteiger partial charge in [-0.2, -0.15) is 13.2 Å². The molecule has 4 nitrogen and oxygen atoms in total. The molecular formula is C14H11F3N2O2. The highest BCUT2D eigenvalue weighted by atomic mass is 19.4. The van der Waals surface area contributed by atoms with Crippen LogP contribution in [0.25, 0.3) is 0 Å². The van der Waals surface area contributed by atoms with Gasteiger partial charge in [-0.3, -0.25) is 9.78 Å². The van der Waals surface area contributed by atoms with Crippen molar-refractivity contribution in [1.29, 1.82) is 0 Å². The van der Waals surface area contributed by atoms with Crippen molar-refractivity contribution in [1.82, 2.24) is 4.98 Å². The second-order valence-electron chi connectivity index (χ2n) is 4.27. The van der Waals surface area contributed by atoms with Crippen LogP contribution >= 0.6 is 0 Å². The molecule has 1 heterocycles.